The van der Waals surface area contributed by atoms with Gasteiger partial charge in [-0.2, -0.15) is 0 Å². The molecule has 1 unspecified atom stereocenters. The third kappa shape index (κ3) is 4.38. The lowest BCUT2D eigenvalue weighted by molar-refractivity contribution is -0.155. The molecule has 0 heterocycles. The van der Waals surface area contributed by atoms with Crippen molar-refractivity contribution < 1.29 is 24.2 Å². The number of aliphatic carboxylic acids is 1. The van der Waals surface area contributed by atoms with E-state index in [4.69, 9.17) is 16.7 Å². The number of amides is 2. The zero-order chi connectivity index (χ0) is 14.6. The van der Waals surface area contributed by atoms with E-state index >= 15 is 0 Å². The summed E-state index contributed by atoms with van der Waals surface area (Å²) in [6, 6.07) is 2.82. The average Bonchev–Trinajstić information content (AvgIpc) is 2.31. The van der Waals surface area contributed by atoms with Gasteiger partial charge in [-0.3, -0.25) is 0 Å². The second kappa shape index (κ2) is 5.85. The highest BCUT2D eigenvalue weighted by molar-refractivity contribution is 6.31. The number of anilines is 1. The minimum absolute atomic E-state index is 0.157. The zero-order valence-electron chi connectivity index (χ0n) is 9.91. The molecule has 19 heavy (non-hydrogen) atoms. The van der Waals surface area contributed by atoms with Crippen LogP contribution >= 0.6 is 11.6 Å². The van der Waals surface area contributed by atoms with Crippen molar-refractivity contribution in [3.8, 4) is 0 Å². The first kappa shape index (κ1) is 15.2. The van der Waals surface area contributed by atoms with Crippen LogP contribution in [0.25, 0.3) is 0 Å². The number of carboxylic acid groups (broad SMARTS) is 1. The average molecular weight is 291 g/mol. The summed E-state index contributed by atoms with van der Waals surface area (Å²) < 4.78 is 12.9. The topological polar surface area (TPSA) is 98.7 Å². The summed E-state index contributed by atoms with van der Waals surface area (Å²) in [5.41, 5.74) is -1.84. The molecule has 1 atom stereocenters. The summed E-state index contributed by atoms with van der Waals surface area (Å²) in [6.07, 6.45) is 0. The van der Waals surface area contributed by atoms with Crippen LogP contribution < -0.4 is 10.6 Å². The van der Waals surface area contributed by atoms with Crippen LogP contribution in [0.15, 0.2) is 18.2 Å². The van der Waals surface area contributed by atoms with Crippen LogP contribution in [0.5, 0.6) is 0 Å². The van der Waals surface area contributed by atoms with Gasteiger partial charge in [-0.25, -0.2) is 14.0 Å². The molecular weight excluding hydrogens is 279 g/mol. The quantitative estimate of drug-likeness (QED) is 0.674. The highest BCUT2D eigenvalue weighted by Crippen LogP contribution is 2.19. The van der Waals surface area contributed by atoms with Gasteiger partial charge in [-0.15, -0.1) is 0 Å². The van der Waals surface area contributed by atoms with Crippen molar-refractivity contribution in [2.24, 2.45) is 0 Å². The van der Waals surface area contributed by atoms with Gasteiger partial charge in [-0.1, -0.05) is 11.6 Å². The molecule has 0 aliphatic rings. The molecule has 1 rings (SSSR count). The first-order chi connectivity index (χ1) is 8.72. The fraction of sp³-hybridized carbons (Fsp3) is 0.273. The van der Waals surface area contributed by atoms with Crippen LogP contribution in [-0.4, -0.2) is 34.4 Å². The third-order valence-electron chi connectivity index (χ3n) is 2.23. The monoisotopic (exact) mass is 290 g/mol. The van der Waals surface area contributed by atoms with E-state index in [2.05, 4.69) is 10.6 Å². The number of hydrogen-bond acceptors (Lipinski definition) is 3. The minimum Gasteiger partial charge on any atom is -0.479 e. The highest BCUT2D eigenvalue weighted by Gasteiger charge is 2.30. The van der Waals surface area contributed by atoms with Crippen molar-refractivity contribution in [2.45, 2.75) is 12.5 Å². The standard InChI is InChI=1S/C11H12ClFN2O4/c1-11(19,9(16)17)5-14-10(18)15-6-2-3-8(13)7(12)4-6/h2-4,19H,5H2,1H3,(H,16,17)(H2,14,15,18). The van der Waals surface area contributed by atoms with Gasteiger partial charge < -0.3 is 20.8 Å². The van der Waals surface area contributed by atoms with E-state index in [1.807, 2.05) is 0 Å². The van der Waals surface area contributed by atoms with Crippen LogP contribution in [0.4, 0.5) is 14.9 Å². The summed E-state index contributed by atoms with van der Waals surface area (Å²) in [4.78, 5) is 22.0. The lowest BCUT2D eigenvalue weighted by Crippen LogP contribution is -2.47. The molecule has 4 N–H and O–H groups in total. The van der Waals surface area contributed by atoms with Crippen LogP contribution in [0.1, 0.15) is 6.92 Å². The van der Waals surface area contributed by atoms with Gasteiger partial charge >= 0.3 is 12.0 Å². The summed E-state index contributed by atoms with van der Waals surface area (Å²) in [5, 5.41) is 22.3. The molecule has 8 heteroatoms. The van der Waals surface area contributed by atoms with Crippen molar-refractivity contribution in [3.63, 3.8) is 0 Å². The molecular formula is C11H12ClFN2O4. The van der Waals surface area contributed by atoms with Crippen LogP contribution in [-0.2, 0) is 4.79 Å². The Kier molecular flexibility index (Phi) is 4.68. The van der Waals surface area contributed by atoms with Crippen molar-refractivity contribution >= 4 is 29.3 Å². The van der Waals surface area contributed by atoms with E-state index in [9.17, 15) is 19.1 Å². The van der Waals surface area contributed by atoms with Crippen molar-refractivity contribution in [1.29, 1.82) is 0 Å². The van der Waals surface area contributed by atoms with Crippen LogP contribution in [0, 0.1) is 5.82 Å². The number of urea groups is 1. The van der Waals surface area contributed by atoms with E-state index in [0.29, 0.717) is 0 Å². The molecule has 0 aliphatic heterocycles. The molecule has 0 saturated heterocycles. The molecule has 0 bridgehead atoms. The highest BCUT2D eigenvalue weighted by atomic mass is 35.5. The van der Waals surface area contributed by atoms with E-state index in [-0.39, 0.29) is 10.7 Å². The maximum Gasteiger partial charge on any atom is 0.337 e. The van der Waals surface area contributed by atoms with Crippen molar-refractivity contribution in [1.82, 2.24) is 5.32 Å². The molecule has 0 saturated carbocycles. The SMILES string of the molecule is CC(O)(CNC(=O)Nc1ccc(F)c(Cl)c1)C(=O)O. The smallest absolute Gasteiger partial charge is 0.337 e. The van der Waals surface area contributed by atoms with E-state index in [0.717, 1.165) is 13.0 Å². The summed E-state index contributed by atoms with van der Waals surface area (Å²) in [7, 11) is 0. The lowest BCUT2D eigenvalue weighted by atomic mass is 10.1. The predicted molar refractivity (Wildman–Crippen MR) is 66.7 cm³/mol. The number of carbonyl (C=O) groups is 2. The molecule has 6 nitrogen and oxygen atoms in total. The van der Waals surface area contributed by atoms with Crippen LogP contribution in [0.3, 0.4) is 0 Å². The van der Waals surface area contributed by atoms with Gasteiger partial charge in [0.25, 0.3) is 0 Å². The minimum atomic E-state index is -2.07. The molecule has 2 amide bonds. The predicted octanol–water partition coefficient (Wildman–Crippen LogP) is 1.44. The normalized spacial score (nSPS) is 13.5. The first-order valence-corrected chi connectivity index (χ1v) is 5.56. The van der Waals surface area contributed by atoms with E-state index < -0.39 is 30.0 Å². The van der Waals surface area contributed by atoms with Crippen molar-refractivity contribution in [2.75, 3.05) is 11.9 Å². The van der Waals surface area contributed by atoms with Gasteiger partial charge in [0.05, 0.1) is 11.6 Å². The maximum atomic E-state index is 12.9. The molecule has 0 aromatic heterocycles. The fourth-order valence-electron chi connectivity index (χ4n) is 1.08. The number of benzene rings is 1. The van der Waals surface area contributed by atoms with E-state index in [1.54, 1.807) is 0 Å². The number of nitrogens with one attached hydrogen (secondary N) is 2. The Balaban J connectivity index is 2.56. The maximum absolute atomic E-state index is 12.9. The Hall–Kier alpha value is -1.86. The zero-order valence-corrected chi connectivity index (χ0v) is 10.7. The first-order valence-electron chi connectivity index (χ1n) is 5.18. The van der Waals surface area contributed by atoms with Gasteiger partial charge in [0.1, 0.15) is 5.82 Å². The van der Waals surface area contributed by atoms with Gasteiger partial charge in [-0.05, 0) is 25.1 Å². The molecule has 1 aromatic rings. The Morgan fingerprint density at radius 2 is 2.11 bits per heavy atom. The summed E-state index contributed by atoms with van der Waals surface area (Å²) >= 11 is 5.52. The molecule has 0 fully saturated rings. The number of halogens is 2. The third-order valence-corrected chi connectivity index (χ3v) is 2.52. The van der Waals surface area contributed by atoms with Gasteiger partial charge in [0, 0.05) is 5.69 Å². The number of aliphatic hydroxyl groups is 1. The Morgan fingerprint density at radius 3 is 2.63 bits per heavy atom. The fourth-order valence-corrected chi connectivity index (χ4v) is 1.26. The Bertz CT molecular complexity index is 507. The largest absolute Gasteiger partial charge is 0.479 e. The number of hydrogen-bond donors (Lipinski definition) is 4. The lowest BCUT2D eigenvalue weighted by Gasteiger charge is -2.18. The van der Waals surface area contributed by atoms with Crippen molar-refractivity contribution in [3.05, 3.63) is 29.0 Å². The summed E-state index contributed by atoms with van der Waals surface area (Å²) in [5.74, 6) is -2.08. The van der Waals surface area contributed by atoms with Crippen LogP contribution in [0.2, 0.25) is 5.02 Å². The molecule has 104 valence electrons. The molecule has 0 spiro atoms. The van der Waals surface area contributed by atoms with Gasteiger partial charge in [0.15, 0.2) is 5.60 Å². The second-order valence-corrected chi connectivity index (χ2v) is 4.42. The molecule has 1 aromatic carbocycles. The second-order valence-electron chi connectivity index (χ2n) is 4.02. The number of carboxylic acids is 1. The van der Waals surface area contributed by atoms with Gasteiger partial charge in [0.2, 0.25) is 0 Å². The number of rotatable bonds is 4. The Labute approximate surface area is 113 Å². The summed E-state index contributed by atoms with van der Waals surface area (Å²) in [6.45, 7) is 0.563. The van der Waals surface area contributed by atoms with E-state index in [1.165, 1.54) is 12.1 Å². The molecule has 0 radical (unpaired) electrons. The molecule has 0 aliphatic carbocycles. The Morgan fingerprint density at radius 1 is 1.47 bits per heavy atom. The number of carbonyl (C=O) groups excluding carboxylic acids is 1.